The molecule has 0 bridgehead atoms. The maximum Gasteiger partial charge on any atom is 0.0429 e. The molecule has 28 heavy (non-hydrogen) atoms. The molecule has 0 aliphatic heterocycles. The van der Waals surface area contributed by atoms with E-state index in [1.807, 2.05) is 11.3 Å². The lowest BCUT2D eigenvalue weighted by Gasteiger charge is -2.22. The molecule has 1 heteroatoms. The molecule has 3 rings (SSSR count). The molecule has 0 N–H and O–H groups in total. The van der Waals surface area contributed by atoms with E-state index >= 15 is 0 Å². The summed E-state index contributed by atoms with van der Waals surface area (Å²) in [7, 11) is 0. The summed E-state index contributed by atoms with van der Waals surface area (Å²) in [5.74, 6) is 0. The first kappa shape index (κ1) is 20.9. The summed E-state index contributed by atoms with van der Waals surface area (Å²) >= 11 is 1.95. The van der Waals surface area contributed by atoms with Gasteiger partial charge in [0.15, 0.2) is 0 Å². The molecular formula is C27H34S. The first-order valence-electron chi connectivity index (χ1n) is 10.2. The molecule has 2 aromatic carbocycles. The molecule has 0 saturated carbocycles. The highest BCUT2D eigenvalue weighted by molar-refractivity contribution is 7.16. The minimum absolute atomic E-state index is 1.38. The molecule has 0 nitrogen and oxygen atoms in total. The van der Waals surface area contributed by atoms with Gasteiger partial charge >= 0.3 is 0 Å². The summed E-state index contributed by atoms with van der Waals surface area (Å²) in [4.78, 5) is 2.82. The SMILES string of the molecule is Cc1cc(-c2c(C)c(C)c(C)c(C)c2C)c(-c2c(C)c(C)c(C)c(C)c2C)s1. The Balaban J connectivity index is 2.45. The van der Waals surface area contributed by atoms with E-state index in [2.05, 4.69) is 82.2 Å². The van der Waals surface area contributed by atoms with Crippen molar-refractivity contribution in [3.63, 3.8) is 0 Å². The predicted octanol–water partition coefficient (Wildman–Crippen LogP) is 8.47. The monoisotopic (exact) mass is 390 g/mol. The Hall–Kier alpha value is -1.86. The van der Waals surface area contributed by atoms with Gasteiger partial charge in [-0.25, -0.2) is 0 Å². The van der Waals surface area contributed by atoms with Crippen LogP contribution in [0.2, 0.25) is 0 Å². The van der Waals surface area contributed by atoms with Gasteiger partial charge in [0.1, 0.15) is 0 Å². The van der Waals surface area contributed by atoms with Gasteiger partial charge in [0.05, 0.1) is 0 Å². The fourth-order valence-electron chi connectivity index (χ4n) is 4.63. The lowest BCUT2D eigenvalue weighted by molar-refractivity contribution is 1.17. The minimum Gasteiger partial charge on any atom is -0.140 e. The summed E-state index contributed by atoms with van der Waals surface area (Å²) in [6.07, 6.45) is 0. The summed E-state index contributed by atoms with van der Waals surface area (Å²) < 4.78 is 0. The highest BCUT2D eigenvalue weighted by Gasteiger charge is 2.22. The Labute approximate surface area is 175 Å². The molecular weight excluding hydrogens is 356 g/mol. The van der Waals surface area contributed by atoms with Crippen molar-refractivity contribution in [3.05, 3.63) is 66.6 Å². The van der Waals surface area contributed by atoms with Crippen LogP contribution in [0, 0.1) is 76.2 Å². The largest absolute Gasteiger partial charge is 0.140 e. The van der Waals surface area contributed by atoms with Gasteiger partial charge in [0.25, 0.3) is 0 Å². The topological polar surface area (TPSA) is 0 Å². The van der Waals surface area contributed by atoms with Crippen LogP contribution in [0.15, 0.2) is 6.07 Å². The lowest BCUT2D eigenvalue weighted by atomic mass is 9.83. The fourth-order valence-corrected chi connectivity index (χ4v) is 5.81. The molecule has 0 saturated heterocycles. The molecule has 0 fully saturated rings. The van der Waals surface area contributed by atoms with Crippen LogP contribution in [0.25, 0.3) is 21.6 Å². The molecule has 0 unspecified atom stereocenters. The Morgan fingerprint density at radius 3 is 1.14 bits per heavy atom. The third-order valence-electron chi connectivity index (χ3n) is 7.35. The second kappa shape index (κ2) is 7.19. The fraction of sp³-hybridized carbons (Fsp3) is 0.407. The van der Waals surface area contributed by atoms with Crippen molar-refractivity contribution in [2.45, 2.75) is 76.2 Å². The van der Waals surface area contributed by atoms with E-state index in [-0.39, 0.29) is 0 Å². The van der Waals surface area contributed by atoms with E-state index in [1.165, 1.54) is 82.1 Å². The second-order valence-electron chi connectivity index (χ2n) is 8.60. The number of aryl methyl sites for hydroxylation is 1. The summed E-state index contributed by atoms with van der Waals surface area (Å²) in [5, 5.41) is 0. The van der Waals surface area contributed by atoms with Crippen LogP contribution < -0.4 is 0 Å². The van der Waals surface area contributed by atoms with Gasteiger partial charge in [-0.2, -0.15) is 0 Å². The molecule has 0 aliphatic rings. The summed E-state index contributed by atoms with van der Waals surface area (Å²) in [6.45, 7) is 25.1. The van der Waals surface area contributed by atoms with Crippen LogP contribution >= 0.6 is 11.3 Å². The van der Waals surface area contributed by atoms with Crippen LogP contribution in [0.3, 0.4) is 0 Å². The molecule has 0 radical (unpaired) electrons. The van der Waals surface area contributed by atoms with Crippen molar-refractivity contribution in [2.75, 3.05) is 0 Å². The van der Waals surface area contributed by atoms with Gasteiger partial charge in [-0.15, -0.1) is 11.3 Å². The molecule has 0 amide bonds. The Bertz CT molecular complexity index is 961. The van der Waals surface area contributed by atoms with Gasteiger partial charge in [0.2, 0.25) is 0 Å². The maximum atomic E-state index is 2.41. The average Bonchev–Trinajstić information content (AvgIpc) is 3.02. The minimum atomic E-state index is 1.38. The standard InChI is InChI=1S/C27H34S/c1-13-12-24(25-20(8)16(4)14(2)17(5)21(25)9)27(28-13)26-22(10)18(6)15(3)19(7)23(26)11/h12H,1-11H3. The third-order valence-corrected chi connectivity index (χ3v) is 8.42. The van der Waals surface area contributed by atoms with Gasteiger partial charge in [-0.3, -0.25) is 0 Å². The number of rotatable bonds is 2. The molecule has 1 heterocycles. The number of benzene rings is 2. The predicted molar refractivity (Wildman–Crippen MR) is 127 cm³/mol. The van der Waals surface area contributed by atoms with Gasteiger partial charge in [0, 0.05) is 15.3 Å². The van der Waals surface area contributed by atoms with Crippen LogP contribution in [0.5, 0.6) is 0 Å². The Morgan fingerprint density at radius 2 is 0.750 bits per heavy atom. The van der Waals surface area contributed by atoms with Crippen molar-refractivity contribution >= 4 is 11.3 Å². The van der Waals surface area contributed by atoms with Crippen LogP contribution in [0.1, 0.15) is 60.5 Å². The van der Waals surface area contributed by atoms with Crippen molar-refractivity contribution in [2.24, 2.45) is 0 Å². The van der Waals surface area contributed by atoms with E-state index in [4.69, 9.17) is 0 Å². The van der Waals surface area contributed by atoms with E-state index in [0.29, 0.717) is 0 Å². The Kier molecular flexibility index (Phi) is 5.36. The lowest BCUT2D eigenvalue weighted by Crippen LogP contribution is -2.02. The average molecular weight is 391 g/mol. The number of hydrogen-bond acceptors (Lipinski definition) is 1. The number of hydrogen-bond donors (Lipinski definition) is 0. The van der Waals surface area contributed by atoms with Crippen molar-refractivity contribution in [3.8, 4) is 21.6 Å². The van der Waals surface area contributed by atoms with Crippen LogP contribution in [0.4, 0.5) is 0 Å². The first-order chi connectivity index (χ1) is 13.0. The molecule has 148 valence electrons. The molecule has 1 aromatic heterocycles. The number of thiophene rings is 1. The smallest absolute Gasteiger partial charge is 0.0429 e. The zero-order valence-electron chi connectivity index (χ0n) is 19.5. The third kappa shape index (κ3) is 2.95. The Morgan fingerprint density at radius 1 is 0.429 bits per heavy atom. The zero-order chi connectivity index (χ0) is 21.1. The molecule has 0 spiro atoms. The highest BCUT2D eigenvalue weighted by atomic mass is 32.1. The molecule has 0 aliphatic carbocycles. The first-order valence-corrected chi connectivity index (χ1v) is 11.1. The van der Waals surface area contributed by atoms with E-state index < -0.39 is 0 Å². The zero-order valence-corrected chi connectivity index (χ0v) is 20.3. The van der Waals surface area contributed by atoms with Crippen molar-refractivity contribution < 1.29 is 0 Å². The van der Waals surface area contributed by atoms with Crippen molar-refractivity contribution in [1.82, 2.24) is 0 Å². The normalized spacial score (nSPS) is 11.4. The molecule has 3 aromatic rings. The van der Waals surface area contributed by atoms with E-state index in [9.17, 15) is 0 Å². The second-order valence-corrected chi connectivity index (χ2v) is 9.86. The van der Waals surface area contributed by atoms with Gasteiger partial charge in [-0.1, -0.05) is 0 Å². The van der Waals surface area contributed by atoms with Crippen LogP contribution in [-0.2, 0) is 0 Å². The van der Waals surface area contributed by atoms with Crippen molar-refractivity contribution in [1.29, 1.82) is 0 Å². The maximum absolute atomic E-state index is 2.41. The van der Waals surface area contributed by atoms with Crippen LogP contribution in [-0.4, -0.2) is 0 Å². The van der Waals surface area contributed by atoms with Gasteiger partial charge < -0.3 is 0 Å². The summed E-state index contributed by atoms with van der Waals surface area (Å²) in [5.41, 5.74) is 18.6. The highest BCUT2D eigenvalue weighted by Crippen LogP contribution is 2.46. The van der Waals surface area contributed by atoms with E-state index in [1.54, 1.807) is 0 Å². The quantitative estimate of drug-likeness (QED) is 0.411. The van der Waals surface area contributed by atoms with Gasteiger partial charge in [-0.05, 0) is 149 Å². The van der Waals surface area contributed by atoms with E-state index in [0.717, 1.165) is 0 Å². The molecule has 0 atom stereocenters. The summed E-state index contributed by atoms with van der Waals surface area (Å²) in [6, 6.07) is 2.41.